The summed E-state index contributed by atoms with van der Waals surface area (Å²) in [7, 11) is -1.23. The summed E-state index contributed by atoms with van der Waals surface area (Å²) in [6.07, 6.45) is 0.615. The normalized spacial score (nSPS) is 19.3. The van der Waals surface area contributed by atoms with Gasteiger partial charge in [0.2, 0.25) is 0 Å². The second-order valence-corrected chi connectivity index (χ2v) is 9.00. The van der Waals surface area contributed by atoms with Crippen molar-refractivity contribution in [2.75, 3.05) is 18.6 Å². The number of hydrogen-bond acceptors (Lipinski definition) is 3. The molecule has 7 heteroatoms. The maximum atomic E-state index is 11.6. The zero-order valence-corrected chi connectivity index (χ0v) is 16.1. The molecule has 1 saturated heterocycles. The number of rotatable bonds is 4. The van der Waals surface area contributed by atoms with E-state index < -0.39 is 9.84 Å². The lowest BCUT2D eigenvalue weighted by Gasteiger charge is -2.17. The van der Waals surface area contributed by atoms with Gasteiger partial charge in [0.25, 0.3) is 0 Å². The van der Waals surface area contributed by atoms with Gasteiger partial charge in [0.15, 0.2) is 15.8 Å². The van der Waals surface area contributed by atoms with Gasteiger partial charge in [-0.05, 0) is 35.2 Å². The molecule has 5 nitrogen and oxygen atoms in total. The summed E-state index contributed by atoms with van der Waals surface area (Å²) in [5.74, 6) is 1.01. The number of nitrogens with one attached hydrogen (secondary N) is 2. The number of sulfone groups is 1. The van der Waals surface area contributed by atoms with Crippen LogP contribution in [0, 0.1) is 0 Å². The zero-order valence-electron chi connectivity index (χ0n) is 14.6. The van der Waals surface area contributed by atoms with Crippen LogP contribution in [0.1, 0.15) is 12.0 Å². The van der Waals surface area contributed by atoms with Crippen molar-refractivity contribution in [1.82, 2.24) is 10.6 Å². The molecule has 2 aromatic carbocycles. The highest BCUT2D eigenvalue weighted by molar-refractivity contribution is 7.91. The molecular formula is C19H22ClN3O2S. The topological polar surface area (TPSA) is 70.6 Å². The van der Waals surface area contributed by atoms with Crippen LogP contribution in [0.4, 0.5) is 0 Å². The third kappa shape index (κ3) is 4.77. The van der Waals surface area contributed by atoms with Gasteiger partial charge in [-0.1, -0.05) is 48.0 Å². The largest absolute Gasteiger partial charge is 0.353 e. The molecule has 1 atom stereocenters. The molecule has 3 rings (SSSR count). The third-order valence-corrected chi connectivity index (χ3v) is 6.44. The predicted molar refractivity (Wildman–Crippen MR) is 107 cm³/mol. The second-order valence-electron chi connectivity index (χ2n) is 6.33. The maximum absolute atomic E-state index is 11.6. The lowest BCUT2D eigenvalue weighted by Crippen LogP contribution is -2.43. The summed E-state index contributed by atoms with van der Waals surface area (Å²) in [6, 6.07) is 15.8. The molecule has 2 aromatic rings. The first-order valence-electron chi connectivity index (χ1n) is 8.48. The van der Waals surface area contributed by atoms with Gasteiger partial charge in [0, 0.05) is 24.7 Å². The fraction of sp³-hybridized carbons (Fsp3) is 0.316. The van der Waals surface area contributed by atoms with Gasteiger partial charge in [0.1, 0.15) is 0 Å². The Morgan fingerprint density at radius 3 is 2.58 bits per heavy atom. The molecule has 1 fully saturated rings. The Bertz CT molecular complexity index is 895. The van der Waals surface area contributed by atoms with Crippen molar-refractivity contribution in [2.24, 2.45) is 4.99 Å². The molecule has 2 N–H and O–H groups in total. The number of nitrogens with zero attached hydrogens (tertiary/aromatic N) is 1. The maximum Gasteiger partial charge on any atom is 0.191 e. The summed E-state index contributed by atoms with van der Waals surface area (Å²) in [4.78, 5) is 4.21. The smallest absolute Gasteiger partial charge is 0.191 e. The fourth-order valence-corrected chi connectivity index (χ4v) is 4.86. The Morgan fingerprint density at radius 2 is 1.92 bits per heavy atom. The first-order valence-corrected chi connectivity index (χ1v) is 10.7. The molecule has 1 aliphatic heterocycles. The molecule has 138 valence electrons. The van der Waals surface area contributed by atoms with Crippen molar-refractivity contribution in [2.45, 2.75) is 19.0 Å². The van der Waals surface area contributed by atoms with Gasteiger partial charge in [-0.3, -0.25) is 4.99 Å². The highest BCUT2D eigenvalue weighted by Crippen LogP contribution is 2.25. The van der Waals surface area contributed by atoms with E-state index in [2.05, 4.69) is 27.8 Å². The standard InChI is InChI=1S/C19H22ClN3O2S/c1-21-19(23-17-10-11-26(24,25)13-17)22-12-15-4-2-3-5-18(15)14-6-8-16(20)9-7-14/h2-9,17H,10-13H2,1H3,(H2,21,22,23). The molecule has 1 heterocycles. The van der Waals surface area contributed by atoms with E-state index in [1.165, 1.54) is 0 Å². The average molecular weight is 392 g/mol. The van der Waals surface area contributed by atoms with E-state index in [9.17, 15) is 8.42 Å². The quantitative estimate of drug-likeness (QED) is 0.621. The minimum atomic E-state index is -2.92. The van der Waals surface area contributed by atoms with Gasteiger partial charge in [-0.25, -0.2) is 8.42 Å². The van der Waals surface area contributed by atoms with Crippen LogP contribution < -0.4 is 10.6 Å². The summed E-state index contributed by atoms with van der Waals surface area (Å²) in [6.45, 7) is 0.581. The summed E-state index contributed by atoms with van der Waals surface area (Å²) < 4.78 is 23.2. The van der Waals surface area contributed by atoms with Crippen LogP contribution in [-0.2, 0) is 16.4 Å². The van der Waals surface area contributed by atoms with Crippen LogP contribution >= 0.6 is 11.6 Å². The van der Waals surface area contributed by atoms with Crippen LogP contribution in [0.25, 0.3) is 11.1 Å². The highest BCUT2D eigenvalue weighted by atomic mass is 35.5. The Morgan fingerprint density at radius 1 is 1.19 bits per heavy atom. The van der Waals surface area contributed by atoms with E-state index >= 15 is 0 Å². The number of halogens is 1. The van der Waals surface area contributed by atoms with E-state index in [1.807, 2.05) is 36.4 Å². The van der Waals surface area contributed by atoms with Crippen LogP contribution in [0.3, 0.4) is 0 Å². The predicted octanol–water partition coefficient (Wildman–Crippen LogP) is 2.86. The zero-order chi connectivity index (χ0) is 18.6. The Kier molecular flexibility index (Phi) is 5.84. The highest BCUT2D eigenvalue weighted by Gasteiger charge is 2.28. The molecule has 0 aliphatic carbocycles. The van der Waals surface area contributed by atoms with Crippen LogP contribution in [-0.4, -0.2) is 39.0 Å². The Balaban J connectivity index is 1.68. The number of hydrogen-bond donors (Lipinski definition) is 2. The fourth-order valence-electron chi connectivity index (χ4n) is 3.06. The van der Waals surface area contributed by atoms with Crippen molar-refractivity contribution in [3.05, 3.63) is 59.1 Å². The molecular weight excluding hydrogens is 370 g/mol. The van der Waals surface area contributed by atoms with Gasteiger partial charge in [0.05, 0.1) is 11.5 Å². The lowest BCUT2D eigenvalue weighted by molar-refractivity contribution is 0.599. The van der Waals surface area contributed by atoms with Gasteiger partial charge >= 0.3 is 0 Å². The Labute approximate surface area is 159 Å². The van der Waals surface area contributed by atoms with Crippen molar-refractivity contribution < 1.29 is 8.42 Å². The minimum Gasteiger partial charge on any atom is -0.353 e. The van der Waals surface area contributed by atoms with Crippen molar-refractivity contribution in [1.29, 1.82) is 0 Å². The molecule has 0 saturated carbocycles. The van der Waals surface area contributed by atoms with E-state index in [0.717, 1.165) is 16.7 Å². The van der Waals surface area contributed by atoms with Crippen molar-refractivity contribution in [3.8, 4) is 11.1 Å². The van der Waals surface area contributed by atoms with Gasteiger partial charge in [-0.2, -0.15) is 0 Å². The minimum absolute atomic E-state index is 0.0855. The molecule has 0 amide bonds. The van der Waals surface area contributed by atoms with Gasteiger partial charge < -0.3 is 10.6 Å². The molecule has 0 radical (unpaired) electrons. The molecule has 1 aliphatic rings. The lowest BCUT2D eigenvalue weighted by atomic mass is 10.00. The second kappa shape index (κ2) is 8.10. The summed E-state index contributed by atoms with van der Waals surface area (Å²) >= 11 is 5.98. The van der Waals surface area contributed by atoms with E-state index in [1.54, 1.807) is 7.05 Å². The molecule has 1 unspecified atom stereocenters. The first kappa shape index (κ1) is 18.7. The first-order chi connectivity index (χ1) is 12.5. The average Bonchev–Trinajstić information content (AvgIpc) is 2.98. The molecule has 26 heavy (non-hydrogen) atoms. The van der Waals surface area contributed by atoms with Crippen LogP contribution in [0.5, 0.6) is 0 Å². The summed E-state index contributed by atoms with van der Waals surface area (Å²) in [5, 5.41) is 7.19. The number of guanidine groups is 1. The molecule has 0 spiro atoms. The monoisotopic (exact) mass is 391 g/mol. The van der Waals surface area contributed by atoms with E-state index in [-0.39, 0.29) is 17.5 Å². The van der Waals surface area contributed by atoms with Crippen LogP contribution in [0.15, 0.2) is 53.5 Å². The Hall–Kier alpha value is -2.05. The molecule has 0 aromatic heterocycles. The van der Waals surface area contributed by atoms with Crippen LogP contribution in [0.2, 0.25) is 5.02 Å². The number of aliphatic imine (C=N–C) groups is 1. The van der Waals surface area contributed by atoms with E-state index in [4.69, 9.17) is 11.6 Å². The van der Waals surface area contributed by atoms with E-state index in [0.29, 0.717) is 23.9 Å². The third-order valence-electron chi connectivity index (χ3n) is 4.42. The molecule has 0 bridgehead atoms. The van der Waals surface area contributed by atoms with Crippen molar-refractivity contribution in [3.63, 3.8) is 0 Å². The van der Waals surface area contributed by atoms with Gasteiger partial charge in [-0.15, -0.1) is 0 Å². The SMILES string of the molecule is CN=C(NCc1ccccc1-c1ccc(Cl)cc1)NC1CCS(=O)(=O)C1. The summed E-state index contributed by atoms with van der Waals surface area (Å²) in [5.41, 5.74) is 3.34. The number of benzene rings is 2. The van der Waals surface area contributed by atoms with Crippen molar-refractivity contribution >= 4 is 27.4 Å².